The number of likely N-dealkylation sites (tertiary alicyclic amines) is 1. The van der Waals surface area contributed by atoms with Gasteiger partial charge in [-0.3, -0.25) is 9.45 Å². The van der Waals surface area contributed by atoms with Crippen molar-refractivity contribution in [2.75, 3.05) is 19.3 Å². The van der Waals surface area contributed by atoms with Crippen LogP contribution in [0, 0.1) is 5.92 Å². The molecule has 1 saturated heterocycles. The van der Waals surface area contributed by atoms with Crippen LogP contribution < -0.4 is 0 Å². The summed E-state index contributed by atoms with van der Waals surface area (Å²) in [6, 6.07) is 32.4. The van der Waals surface area contributed by atoms with Crippen molar-refractivity contribution in [3.63, 3.8) is 0 Å². The van der Waals surface area contributed by atoms with E-state index in [4.69, 9.17) is 4.55 Å². The third-order valence-electron chi connectivity index (χ3n) is 5.91. The fourth-order valence-electron chi connectivity index (χ4n) is 4.52. The molecule has 0 spiro atoms. The monoisotopic (exact) mass is 453 g/mol. The summed E-state index contributed by atoms with van der Waals surface area (Å²) in [7, 11) is -3.67. The lowest BCUT2D eigenvalue weighted by molar-refractivity contribution is 0.00424. The van der Waals surface area contributed by atoms with E-state index < -0.39 is 10.1 Å². The molecule has 1 aliphatic rings. The lowest BCUT2D eigenvalue weighted by Crippen LogP contribution is -2.54. The Morgan fingerprint density at radius 1 is 0.812 bits per heavy atom. The molecule has 2 N–H and O–H groups in total. The summed E-state index contributed by atoms with van der Waals surface area (Å²) in [5, 5.41) is 10.3. The van der Waals surface area contributed by atoms with Crippen molar-refractivity contribution in [3.8, 4) is 0 Å². The van der Waals surface area contributed by atoms with E-state index in [0.29, 0.717) is 6.26 Å². The molecule has 3 aromatic carbocycles. The molecule has 0 aromatic heterocycles. The minimum Gasteiger partial charge on any atom is -0.393 e. The van der Waals surface area contributed by atoms with Crippen LogP contribution in [0.3, 0.4) is 0 Å². The van der Waals surface area contributed by atoms with Gasteiger partial charge in [0.15, 0.2) is 0 Å². The summed E-state index contributed by atoms with van der Waals surface area (Å²) in [5.41, 5.74) is 3.45. The van der Waals surface area contributed by atoms with Gasteiger partial charge in [0, 0.05) is 13.1 Å². The summed E-state index contributed by atoms with van der Waals surface area (Å²) in [5.74, 6) is 0.245. The molecule has 0 aliphatic carbocycles. The van der Waals surface area contributed by atoms with Crippen LogP contribution in [-0.4, -0.2) is 48.4 Å². The highest BCUT2D eigenvalue weighted by Crippen LogP contribution is 2.44. The van der Waals surface area contributed by atoms with E-state index in [2.05, 4.69) is 103 Å². The lowest BCUT2D eigenvalue weighted by atomic mass is 9.74. The highest BCUT2D eigenvalue weighted by atomic mass is 32.2. The maximum Gasteiger partial charge on any atom is 0.261 e. The van der Waals surface area contributed by atoms with E-state index in [9.17, 15) is 13.5 Å². The van der Waals surface area contributed by atoms with Gasteiger partial charge in [-0.15, -0.1) is 0 Å². The zero-order valence-corrected chi connectivity index (χ0v) is 19.3. The van der Waals surface area contributed by atoms with Crippen LogP contribution in [0.4, 0.5) is 0 Å². The summed E-state index contributed by atoms with van der Waals surface area (Å²) in [4.78, 5) is 2.56. The normalized spacial score (nSPS) is 19.6. The van der Waals surface area contributed by atoms with Crippen LogP contribution in [0.25, 0.3) is 0 Å². The number of nitrogens with zero attached hydrogens (tertiary/aromatic N) is 1. The molecule has 2 unspecified atom stereocenters. The van der Waals surface area contributed by atoms with Crippen LogP contribution >= 0.6 is 0 Å². The maximum atomic E-state index is 10.3. The molecule has 0 bridgehead atoms. The fraction of sp³-hybridized carbons (Fsp3) is 0.308. The second-order valence-corrected chi connectivity index (χ2v) is 9.79. The zero-order chi connectivity index (χ0) is 23.2. The molecule has 6 heteroatoms. The van der Waals surface area contributed by atoms with Crippen LogP contribution in [-0.2, 0) is 15.7 Å². The number of hydrogen-bond donors (Lipinski definition) is 2. The Morgan fingerprint density at radius 2 is 1.16 bits per heavy atom. The van der Waals surface area contributed by atoms with Gasteiger partial charge in [-0.1, -0.05) is 97.9 Å². The van der Waals surface area contributed by atoms with Crippen LogP contribution in [0.5, 0.6) is 0 Å². The van der Waals surface area contributed by atoms with Gasteiger partial charge >= 0.3 is 0 Å². The molecule has 170 valence electrons. The number of hydrogen-bond acceptors (Lipinski definition) is 4. The molecule has 32 heavy (non-hydrogen) atoms. The van der Waals surface area contributed by atoms with Crippen molar-refractivity contribution < 1.29 is 18.1 Å². The Hall–Kier alpha value is -2.51. The van der Waals surface area contributed by atoms with Crippen LogP contribution in [0.2, 0.25) is 0 Å². The number of aliphatic hydroxyl groups is 1. The number of rotatable bonds is 4. The number of aliphatic hydroxyl groups excluding tert-OH is 1. The third-order valence-corrected chi connectivity index (χ3v) is 5.91. The third kappa shape index (κ3) is 5.64. The first-order valence-corrected chi connectivity index (χ1v) is 12.6. The van der Waals surface area contributed by atoms with Gasteiger partial charge in [0.1, 0.15) is 0 Å². The van der Waals surface area contributed by atoms with Gasteiger partial charge < -0.3 is 5.11 Å². The molecule has 2 atom stereocenters. The molecule has 1 aliphatic heterocycles. The van der Waals surface area contributed by atoms with E-state index in [1.165, 1.54) is 16.7 Å². The molecule has 0 radical (unpaired) electrons. The van der Waals surface area contributed by atoms with Crippen molar-refractivity contribution in [1.29, 1.82) is 0 Å². The predicted molar refractivity (Wildman–Crippen MR) is 128 cm³/mol. The molecule has 5 nitrogen and oxygen atoms in total. The Morgan fingerprint density at radius 3 is 1.47 bits per heavy atom. The highest BCUT2D eigenvalue weighted by molar-refractivity contribution is 7.85. The van der Waals surface area contributed by atoms with Gasteiger partial charge in [-0.25, -0.2) is 0 Å². The quantitative estimate of drug-likeness (QED) is 0.458. The predicted octanol–water partition coefficient (Wildman–Crippen LogP) is 4.19. The first-order chi connectivity index (χ1) is 15.2. The minimum atomic E-state index is -3.67. The van der Waals surface area contributed by atoms with Crippen LogP contribution in [0.1, 0.15) is 30.0 Å². The van der Waals surface area contributed by atoms with Gasteiger partial charge in [0.05, 0.1) is 17.9 Å². The first-order valence-electron chi connectivity index (χ1n) is 10.7. The molecule has 3 aromatic rings. The molecular formula is C26H31NO4S. The van der Waals surface area contributed by atoms with E-state index >= 15 is 0 Å². The minimum absolute atomic E-state index is 0.221. The smallest absolute Gasteiger partial charge is 0.261 e. The van der Waals surface area contributed by atoms with Gasteiger partial charge in [0.25, 0.3) is 10.1 Å². The van der Waals surface area contributed by atoms with E-state index in [1.807, 2.05) is 0 Å². The first kappa shape index (κ1) is 24.1. The van der Waals surface area contributed by atoms with E-state index in [1.54, 1.807) is 0 Å². The van der Waals surface area contributed by atoms with E-state index in [0.717, 1.165) is 19.5 Å². The van der Waals surface area contributed by atoms with Crippen molar-refractivity contribution in [2.24, 2.45) is 5.92 Å². The average Bonchev–Trinajstić information content (AvgIpc) is 2.78. The molecule has 4 rings (SSSR count). The second kappa shape index (κ2) is 10.4. The molecule has 0 amide bonds. The lowest BCUT2D eigenvalue weighted by Gasteiger charge is -2.49. The molecule has 0 saturated carbocycles. The van der Waals surface area contributed by atoms with E-state index in [-0.39, 0.29) is 17.6 Å². The summed E-state index contributed by atoms with van der Waals surface area (Å²) in [6.45, 7) is 3.88. The largest absolute Gasteiger partial charge is 0.393 e. The highest BCUT2D eigenvalue weighted by Gasteiger charge is 2.44. The molecule has 1 fully saturated rings. The van der Waals surface area contributed by atoms with Crippen molar-refractivity contribution in [1.82, 2.24) is 4.90 Å². The Balaban J connectivity index is 0.000000523. The molecular weight excluding hydrogens is 422 g/mol. The Labute approximate surface area is 191 Å². The standard InChI is InChI=1S/C25H27NO.CH4O3S/c1-20-19-26(18-17-24(20)27)25(21-11-5-2-6-12-21,22-13-7-3-8-14-22)23-15-9-4-10-16-23;1-5(2,3)4/h2-16,20,24,27H,17-19H2,1H3;1H3,(H,2,3,4). The summed E-state index contributed by atoms with van der Waals surface area (Å²) in [6.07, 6.45) is 1.30. The van der Waals surface area contributed by atoms with Gasteiger partial charge in [-0.05, 0) is 29.0 Å². The average molecular weight is 454 g/mol. The number of benzene rings is 3. The Kier molecular flexibility index (Phi) is 7.85. The van der Waals surface area contributed by atoms with Gasteiger partial charge in [-0.2, -0.15) is 8.42 Å². The second-order valence-electron chi connectivity index (χ2n) is 8.32. The zero-order valence-electron chi connectivity index (χ0n) is 18.5. The SMILES string of the molecule is CC1CN(C(c2ccccc2)(c2ccccc2)c2ccccc2)CCC1O.CS(=O)(=O)O. The number of piperidine rings is 1. The molecule has 1 heterocycles. The van der Waals surface area contributed by atoms with Crippen molar-refractivity contribution >= 4 is 10.1 Å². The summed E-state index contributed by atoms with van der Waals surface area (Å²) < 4.78 is 25.9. The Bertz CT molecular complexity index is 968. The summed E-state index contributed by atoms with van der Waals surface area (Å²) >= 11 is 0. The topological polar surface area (TPSA) is 77.8 Å². The van der Waals surface area contributed by atoms with Crippen molar-refractivity contribution in [3.05, 3.63) is 108 Å². The van der Waals surface area contributed by atoms with Crippen molar-refractivity contribution in [2.45, 2.75) is 25.0 Å². The van der Waals surface area contributed by atoms with Crippen LogP contribution in [0.15, 0.2) is 91.0 Å². The maximum absolute atomic E-state index is 10.3. The fourth-order valence-corrected chi connectivity index (χ4v) is 4.52. The van der Waals surface area contributed by atoms with Gasteiger partial charge in [0.2, 0.25) is 0 Å².